The summed E-state index contributed by atoms with van der Waals surface area (Å²) in [6.07, 6.45) is 0.861. The van der Waals surface area contributed by atoms with Gasteiger partial charge in [0, 0.05) is 6.08 Å². The quantitative estimate of drug-likeness (QED) is 0.117. The van der Waals surface area contributed by atoms with Gasteiger partial charge in [-0.1, -0.05) is 6.58 Å². The molecule has 0 bridgehead atoms. The van der Waals surface area contributed by atoms with Gasteiger partial charge in [-0.3, -0.25) is 4.89 Å². The maximum Gasteiger partial charge on any atom is 0.365 e. The second-order valence-corrected chi connectivity index (χ2v) is 5.06. The molecule has 138 valence electrons. The molecule has 0 aliphatic carbocycles. The van der Waals surface area contributed by atoms with E-state index in [9.17, 15) is 4.79 Å². The lowest BCUT2D eigenvalue weighted by atomic mass is 9.91. The minimum absolute atomic E-state index is 0.141. The Kier molecular flexibility index (Phi) is 14.0. The molecule has 0 aromatic rings. The van der Waals surface area contributed by atoms with Crippen LogP contribution in [0.3, 0.4) is 0 Å². The van der Waals surface area contributed by atoms with Crippen LogP contribution in [0, 0.1) is 10.8 Å². The molecule has 0 aromatic carbocycles. The summed E-state index contributed by atoms with van der Waals surface area (Å²) in [6, 6.07) is 0. The van der Waals surface area contributed by atoms with Crippen LogP contribution in [0.4, 0.5) is 0 Å². The molecule has 0 atom stereocenters. The first-order chi connectivity index (χ1) is 10.9. The van der Waals surface area contributed by atoms with E-state index in [1.54, 1.807) is 0 Å². The summed E-state index contributed by atoms with van der Waals surface area (Å²) in [5.74, 6) is -0.838. The van der Waals surface area contributed by atoms with E-state index < -0.39 is 56.4 Å². The lowest BCUT2D eigenvalue weighted by Crippen LogP contribution is -2.43. The van der Waals surface area contributed by atoms with E-state index in [1.807, 2.05) is 0 Å². The molecule has 0 aliphatic rings. The number of carbonyl (C=O) groups excluding carboxylic acids is 1. The van der Waals surface area contributed by atoms with Gasteiger partial charge in [0.1, 0.15) is 0 Å². The van der Waals surface area contributed by atoms with Gasteiger partial charge < -0.3 is 35.4 Å². The molecule has 0 radical (unpaired) electrons. The molecular weight excluding hydrogens is 316 g/mol. The van der Waals surface area contributed by atoms with Crippen molar-refractivity contribution >= 4 is 5.97 Å². The Morgan fingerprint density at radius 2 is 1.13 bits per heavy atom. The minimum Gasteiger partial charge on any atom is -0.396 e. The maximum absolute atomic E-state index is 9.59. The highest BCUT2D eigenvalue weighted by atomic mass is 17.1. The first-order valence-corrected chi connectivity index (χ1v) is 6.59. The Labute approximate surface area is 133 Å². The second-order valence-electron chi connectivity index (χ2n) is 5.06. The van der Waals surface area contributed by atoms with E-state index in [4.69, 9.17) is 40.6 Å². The fraction of sp³-hybridized carbons (Fsp3) is 0.769. The van der Waals surface area contributed by atoms with Crippen LogP contribution >= 0.6 is 0 Å². The lowest BCUT2D eigenvalue weighted by molar-refractivity contribution is -0.228. The van der Waals surface area contributed by atoms with E-state index in [-0.39, 0.29) is 13.2 Å². The zero-order valence-electron chi connectivity index (χ0n) is 12.8. The van der Waals surface area contributed by atoms with Crippen molar-refractivity contribution in [3.63, 3.8) is 0 Å². The van der Waals surface area contributed by atoms with Gasteiger partial charge in [-0.2, -0.15) is 5.26 Å². The van der Waals surface area contributed by atoms with Gasteiger partial charge in [-0.05, 0) is 0 Å². The number of aliphatic hydroxyl groups is 6. The van der Waals surface area contributed by atoms with E-state index >= 15 is 0 Å². The molecule has 0 saturated carbocycles. The van der Waals surface area contributed by atoms with Gasteiger partial charge in [-0.25, -0.2) is 4.79 Å². The first kappa shape index (κ1) is 24.1. The molecule has 7 N–H and O–H groups in total. The summed E-state index contributed by atoms with van der Waals surface area (Å²) in [5.41, 5.74) is -2.32. The number of hydrogen-bond donors (Lipinski definition) is 7. The molecule has 0 aromatic heterocycles. The zero-order valence-corrected chi connectivity index (χ0v) is 12.8. The predicted molar refractivity (Wildman–Crippen MR) is 77.1 cm³/mol. The molecule has 0 fully saturated rings. The molecule has 0 heterocycles. The van der Waals surface area contributed by atoms with Crippen molar-refractivity contribution in [2.75, 3.05) is 52.9 Å². The van der Waals surface area contributed by atoms with E-state index in [0.717, 1.165) is 6.08 Å². The molecule has 0 amide bonds. The van der Waals surface area contributed by atoms with Crippen LogP contribution in [0.2, 0.25) is 0 Å². The second kappa shape index (κ2) is 13.3. The van der Waals surface area contributed by atoms with E-state index in [1.165, 1.54) is 0 Å². The van der Waals surface area contributed by atoms with Crippen LogP contribution < -0.4 is 0 Å². The molecule has 0 unspecified atom stereocenters. The summed E-state index contributed by atoms with van der Waals surface area (Å²) >= 11 is 0. The third-order valence-corrected chi connectivity index (χ3v) is 3.09. The van der Waals surface area contributed by atoms with Crippen LogP contribution in [0.25, 0.3) is 0 Å². The van der Waals surface area contributed by atoms with Crippen molar-refractivity contribution in [2.45, 2.75) is 0 Å². The Morgan fingerprint density at radius 3 is 1.26 bits per heavy atom. The SMILES string of the molecule is C=CC(=O)OO.OCC(CO)(CO)COCC(CO)(CO)CO. The van der Waals surface area contributed by atoms with Crippen molar-refractivity contribution < 1.29 is 50.3 Å². The Morgan fingerprint density at radius 1 is 0.826 bits per heavy atom. The summed E-state index contributed by atoms with van der Waals surface area (Å²) in [6.45, 7) is -0.00831. The first-order valence-electron chi connectivity index (χ1n) is 6.59. The highest BCUT2D eigenvalue weighted by Gasteiger charge is 2.32. The van der Waals surface area contributed by atoms with E-state index in [0.29, 0.717) is 0 Å². The van der Waals surface area contributed by atoms with Crippen LogP contribution in [-0.2, 0) is 14.4 Å². The number of hydrogen-bond acceptors (Lipinski definition) is 10. The van der Waals surface area contributed by atoms with Gasteiger partial charge in [0.05, 0.1) is 63.7 Å². The number of rotatable bonds is 11. The monoisotopic (exact) mass is 342 g/mol. The van der Waals surface area contributed by atoms with Gasteiger partial charge >= 0.3 is 5.97 Å². The van der Waals surface area contributed by atoms with Crippen molar-refractivity contribution in [1.29, 1.82) is 0 Å². The van der Waals surface area contributed by atoms with Gasteiger partial charge in [0.15, 0.2) is 0 Å². The van der Waals surface area contributed by atoms with Crippen LogP contribution in [0.5, 0.6) is 0 Å². The molecule has 0 rings (SSSR count). The van der Waals surface area contributed by atoms with Crippen LogP contribution in [-0.4, -0.2) is 94.7 Å². The average molecular weight is 342 g/mol. The number of carbonyl (C=O) groups is 1. The van der Waals surface area contributed by atoms with Gasteiger partial charge in [-0.15, -0.1) is 0 Å². The molecule has 0 aliphatic heterocycles. The van der Waals surface area contributed by atoms with Crippen molar-refractivity contribution in [2.24, 2.45) is 10.8 Å². The smallest absolute Gasteiger partial charge is 0.365 e. The topological polar surface area (TPSA) is 177 Å². The Bertz CT molecular complexity index is 275. The van der Waals surface area contributed by atoms with Crippen molar-refractivity contribution in [3.8, 4) is 0 Å². The molecule has 10 nitrogen and oxygen atoms in total. The minimum atomic E-state index is -1.16. The molecule has 0 spiro atoms. The standard InChI is InChI=1S/C10H22O7.C3H4O3/c11-1-9(2-12,3-13)7-17-8-10(4-14,5-15)6-16;1-2-3(4)6-5/h11-16H,1-8H2;2,5H,1H2. The highest BCUT2D eigenvalue weighted by Crippen LogP contribution is 2.19. The normalized spacial score (nSPS) is 11.4. The third kappa shape index (κ3) is 8.93. The summed E-state index contributed by atoms with van der Waals surface area (Å²) in [5, 5.41) is 61.6. The number of aliphatic hydroxyl groups excluding tert-OH is 6. The molecule has 10 heteroatoms. The molecule has 23 heavy (non-hydrogen) atoms. The maximum atomic E-state index is 9.59. The van der Waals surface area contributed by atoms with Crippen LogP contribution in [0.15, 0.2) is 12.7 Å². The largest absolute Gasteiger partial charge is 0.396 e. The summed E-state index contributed by atoms with van der Waals surface area (Å²) in [7, 11) is 0. The summed E-state index contributed by atoms with van der Waals surface area (Å²) < 4.78 is 5.15. The Balaban J connectivity index is 0. The number of ether oxygens (including phenoxy) is 1. The van der Waals surface area contributed by atoms with Crippen molar-refractivity contribution in [3.05, 3.63) is 12.7 Å². The Hall–Kier alpha value is -1.11. The summed E-state index contributed by atoms with van der Waals surface area (Å²) in [4.78, 5) is 12.7. The molecule has 0 saturated heterocycles. The predicted octanol–water partition coefficient (Wildman–Crippen LogP) is -2.88. The van der Waals surface area contributed by atoms with Gasteiger partial charge in [0.25, 0.3) is 0 Å². The zero-order chi connectivity index (χ0) is 18.4. The van der Waals surface area contributed by atoms with Crippen molar-refractivity contribution in [1.82, 2.24) is 0 Å². The van der Waals surface area contributed by atoms with E-state index in [2.05, 4.69) is 11.5 Å². The average Bonchev–Trinajstić information content (AvgIpc) is 2.63. The van der Waals surface area contributed by atoms with Gasteiger partial charge in [0.2, 0.25) is 0 Å². The third-order valence-electron chi connectivity index (χ3n) is 3.09. The molecular formula is C13H26O10. The fourth-order valence-electron chi connectivity index (χ4n) is 1.10. The van der Waals surface area contributed by atoms with Crippen LogP contribution in [0.1, 0.15) is 0 Å². The highest BCUT2D eigenvalue weighted by molar-refractivity contribution is 5.80. The fourth-order valence-corrected chi connectivity index (χ4v) is 1.10. The lowest BCUT2D eigenvalue weighted by Gasteiger charge is -2.31.